The Morgan fingerprint density at radius 1 is 1.02 bits per heavy atom. The van der Waals surface area contributed by atoms with E-state index in [-0.39, 0.29) is 30.0 Å². The Bertz CT molecular complexity index is 2080. The van der Waals surface area contributed by atoms with Gasteiger partial charge in [0.1, 0.15) is 17.2 Å². The highest BCUT2D eigenvalue weighted by Gasteiger charge is 2.35. The number of nitrogens with zero attached hydrogens (tertiary/aromatic N) is 4. The van der Waals surface area contributed by atoms with E-state index < -0.39 is 18.1 Å². The van der Waals surface area contributed by atoms with Gasteiger partial charge in [-0.1, -0.05) is 57.5 Å². The first kappa shape index (κ1) is 38.9. The molecule has 1 unspecified atom stereocenters. The van der Waals surface area contributed by atoms with Crippen LogP contribution in [0.3, 0.4) is 0 Å². The second kappa shape index (κ2) is 16.3. The summed E-state index contributed by atoms with van der Waals surface area (Å²) in [6, 6.07) is 18.0. The van der Waals surface area contributed by atoms with E-state index in [1.807, 2.05) is 65.6 Å². The number of aromatic nitrogens is 4. The van der Waals surface area contributed by atoms with Gasteiger partial charge in [-0.05, 0) is 99.0 Å². The predicted molar refractivity (Wildman–Crippen MR) is 211 cm³/mol. The lowest BCUT2D eigenvalue weighted by Gasteiger charge is -2.34. The number of aliphatic hydroxyl groups is 1. The van der Waals surface area contributed by atoms with Crippen LogP contribution in [0.25, 0.3) is 44.2 Å². The number of fused-ring (bicyclic) bond motifs is 2. The summed E-state index contributed by atoms with van der Waals surface area (Å²) in [5, 5.41) is 15.3. The summed E-state index contributed by atoms with van der Waals surface area (Å²) in [4.78, 5) is 47.0. The Hall–Kier alpha value is -4.78. The normalized spacial score (nSPS) is 17.1. The van der Waals surface area contributed by atoms with Crippen molar-refractivity contribution in [1.82, 2.24) is 35.1 Å². The molecule has 0 aliphatic carbocycles. The van der Waals surface area contributed by atoms with Crippen LogP contribution in [0.2, 0.25) is 0 Å². The molecule has 5 aromatic rings. The van der Waals surface area contributed by atoms with Crippen molar-refractivity contribution in [2.24, 2.45) is 5.92 Å². The quantitative estimate of drug-likeness (QED) is 0.0887. The standard InChI is InChI=1S/C42H55N7O5/c1-9-19-48(39(50)36(25(3)10-2)47-40(51)53-8)26(4)37-43-24-34(46-37)31-16-15-27-21-28(13-14-29(27)22-31)30-17-18-32-33(23-30)45-38(44-32)35-12-11-20-49(35)41(52)54-42(5,6)7/h13-18,21-26,35-36,40,47,51H,9-12,19-20H2,1-8H3,(H,43,46)(H,44,45)/t25-,26-,35-,36-,40?/m0/s1. The molecule has 1 saturated heterocycles. The molecule has 5 atom stereocenters. The summed E-state index contributed by atoms with van der Waals surface area (Å²) in [7, 11) is 1.40. The van der Waals surface area contributed by atoms with Crippen LogP contribution in [-0.4, -0.2) is 85.1 Å². The summed E-state index contributed by atoms with van der Waals surface area (Å²) in [6.45, 7) is 14.9. The number of hydrogen-bond acceptors (Lipinski definition) is 8. The van der Waals surface area contributed by atoms with Crippen LogP contribution in [0.5, 0.6) is 0 Å². The van der Waals surface area contributed by atoms with Crippen molar-refractivity contribution in [3.8, 4) is 22.4 Å². The van der Waals surface area contributed by atoms with Crippen LogP contribution in [0.4, 0.5) is 4.79 Å². The van der Waals surface area contributed by atoms with Gasteiger partial charge in [0.2, 0.25) is 12.3 Å². The van der Waals surface area contributed by atoms with E-state index in [1.54, 1.807) is 4.90 Å². The number of amides is 2. The largest absolute Gasteiger partial charge is 0.444 e. The number of carbonyl (C=O) groups is 2. The van der Waals surface area contributed by atoms with Crippen LogP contribution < -0.4 is 5.32 Å². The number of H-pyrrole nitrogens is 2. The third-order valence-corrected chi connectivity index (χ3v) is 10.4. The number of ether oxygens (including phenoxy) is 2. The second-order valence-corrected chi connectivity index (χ2v) is 15.5. The Balaban J connectivity index is 1.19. The molecule has 2 amide bonds. The molecule has 1 aliphatic rings. The van der Waals surface area contributed by atoms with E-state index >= 15 is 0 Å². The number of carbonyl (C=O) groups excluding carboxylic acids is 2. The van der Waals surface area contributed by atoms with Gasteiger partial charge in [-0.25, -0.2) is 14.8 Å². The molecule has 0 spiro atoms. The third kappa shape index (κ3) is 8.46. The molecule has 54 heavy (non-hydrogen) atoms. The van der Waals surface area contributed by atoms with Gasteiger partial charge in [-0.2, -0.15) is 0 Å². The highest BCUT2D eigenvalue weighted by atomic mass is 16.6. The zero-order chi connectivity index (χ0) is 38.7. The number of aromatic amines is 2. The summed E-state index contributed by atoms with van der Waals surface area (Å²) in [6.07, 6.45) is 3.57. The zero-order valence-electron chi connectivity index (χ0n) is 32.8. The lowest BCUT2D eigenvalue weighted by molar-refractivity contribution is -0.146. The number of likely N-dealkylation sites (tertiary alicyclic amines) is 1. The molecule has 1 aliphatic heterocycles. The average molecular weight is 738 g/mol. The highest BCUT2D eigenvalue weighted by molar-refractivity contribution is 5.92. The van der Waals surface area contributed by atoms with Crippen LogP contribution in [0.1, 0.15) is 97.9 Å². The van der Waals surface area contributed by atoms with Crippen molar-refractivity contribution in [1.29, 1.82) is 0 Å². The van der Waals surface area contributed by atoms with Crippen LogP contribution >= 0.6 is 0 Å². The SMILES string of the molecule is CCCN(C(=O)[C@@H](NC(O)OC)[C@@H](C)CC)[C@@H](C)c1ncc(-c2ccc3cc(-c4ccc5nc([C@@H]6CCCN6C(=O)OC(C)(C)C)[nH]c5c4)ccc3c2)[nH]1. The Morgan fingerprint density at radius 3 is 2.39 bits per heavy atom. The van der Waals surface area contributed by atoms with E-state index in [2.05, 4.69) is 63.8 Å². The van der Waals surface area contributed by atoms with Crippen LogP contribution in [0.15, 0.2) is 60.8 Å². The molecule has 1 fully saturated rings. The number of benzene rings is 3. The maximum Gasteiger partial charge on any atom is 0.410 e. The molecule has 0 radical (unpaired) electrons. The van der Waals surface area contributed by atoms with E-state index in [1.165, 1.54) is 7.11 Å². The average Bonchev–Trinajstić information content (AvgIpc) is 3.94. The van der Waals surface area contributed by atoms with E-state index in [4.69, 9.17) is 19.4 Å². The molecule has 288 valence electrons. The lowest BCUT2D eigenvalue weighted by Crippen LogP contribution is -2.54. The second-order valence-electron chi connectivity index (χ2n) is 15.5. The van der Waals surface area contributed by atoms with Gasteiger partial charge in [-0.3, -0.25) is 15.0 Å². The maximum absolute atomic E-state index is 13.9. The van der Waals surface area contributed by atoms with Crippen LogP contribution in [0, 0.1) is 5.92 Å². The van der Waals surface area contributed by atoms with E-state index in [0.717, 1.165) is 75.7 Å². The minimum absolute atomic E-state index is 0.0133. The molecule has 4 N–H and O–H groups in total. The van der Waals surface area contributed by atoms with Gasteiger partial charge >= 0.3 is 6.09 Å². The molecule has 0 bridgehead atoms. The molecule has 6 rings (SSSR count). The third-order valence-electron chi connectivity index (χ3n) is 10.4. The van der Waals surface area contributed by atoms with Gasteiger partial charge in [0, 0.05) is 25.8 Å². The Labute approximate surface area is 317 Å². The predicted octanol–water partition coefficient (Wildman–Crippen LogP) is 8.07. The van der Waals surface area contributed by atoms with E-state index in [9.17, 15) is 14.7 Å². The molecular weight excluding hydrogens is 683 g/mol. The van der Waals surface area contributed by atoms with Crippen molar-refractivity contribution < 1.29 is 24.2 Å². The minimum atomic E-state index is -1.24. The summed E-state index contributed by atoms with van der Waals surface area (Å²) in [5.74, 6) is 1.37. The van der Waals surface area contributed by atoms with Gasteiger partial charge in [-0.15, -0.1) is 0 Å². The molecule has 12 heteroatoms. The number of aliphatic hydroxyl groups excluding tert-OH is 1. The number of methoxy groups -OCH3 is 1. The Kier molecular flexibility index (Phi) is 11.7. The van der Waals surface area contributed by atoms with Gasteiger partial charge in [0.15, 0.2) is 0 Å². The van der Waals surface area contributed by atoms with Crippen molar-refractivity contribution in [3.05, 3.63) is 72.4 Å². The lowest BCUT2D eigenvalue weighted by atomic mass is 9.97. The first-order chi connectivity index (χ1) is 25.8. The number of hydrogen-bond donors (Lipinski definition) is 4. The molecular formula is C42H55N7O5. The number of rotatable bonds is 13. The Morgan fingerprint density at radius 2 is 1.70 bits per heavy atom. The number of nitrogens with one attached hydrogen (secondary N) is 3. The van der Waals surface area contributed by atoms with Crippen molar-refractivity contribution >= 4 is 33.8 Å². The molecule has 2 aromatic heterocycles. The van der Waals surface area contributed by atoms with Crippen molar-refractivity contribution in [2.45, 2.75) is 104 Å². The van der Waals surface area contributed by atoms with Gasteiger partial charge < -0.3 is 29.4 Å². The monoisotopic (exact) mass is 737 g/mol. The molecule has 0 saturated carbocycles. The van der Waals surface area contributed by atoms with Gasteiger partial charge in [0.05, 0.1) is 41.0 Å². The van der Waals surface area contributed by atoms with Crippen molar-refractivity contribution in [3.63, 3.8) is 0 Å². The fraction of sp³-hybridized carbons (Fsp3) is 0.476. The van der Waals surface area contributed by atoms with E-state index in [0.29, 0.717) is 18.9 Å². The molecule has 3 aromatic carbocycles. The fourth-order valence-corrected chi connectivity index (χ4v) is 7.24. The first-order valence-electron chi connectivity index (χ1n) is 19.2. The minimum Gasteiger partial charge on any atom is -0.444 e. The summed E-state index contributed by atoms with van der Waals surface area (Å²) < 4.78 is 10.7. The topological polar surface area (TPSA) is 149 Å². The molecule has 12 nitrogen and oxygen atoms in total. The summed E-state index contributed by atoms with van der Waals surface area (Å²) >= 11 is 0. The fourth-order valence-electron chi connectivity index (χ4n) is 7.24. The zero-order valence-corrected chi connectivity index (χ0v) is 32.8. The first-order valence-corrected chi connectivity index (χ1v) is 19.2. The molecule has 3 heterocycles. The number of imidazole rings is 2. The van der Waals surface area contributed by atoms with Gasteiger partial charge in [0.25, 0.3) is 0 Å². The maximum atomic E-state index is 13.9. The highest BCUT2D eigenvalue weighted by Crippen LogP contribution is 2.35. The smallest absolute Gasteiger partial charge is 0.410 e. The van der Waals surface area contributed by atoms with Crippen LogP contribution in [-0.2, 0) is 14.3 Å². The van der Waals surface area contributed by atoms with Crippen molar-refractivity contribution in [2.75, 3.05) is 20.2 Å². The summed E-state index contributed by atoms with van der Waals surface area (Å²) in [5.41, 5.74) is 5.26.